The van der Waals surface area contributed by atoms with Crippen LogP contribution >= 0.6 is 11.8 Å². The Bertz CT molecular complexity index is 141. The van der Waals surface area contributed by atoms with Gasteiger partial charge in [-0.3, -0.25) is 0 Å². The van der Waals surface area contributed by atoms with E-state index in [1.165, 1.54) is 7.11 Å². The summed E-state index contributed by atoms with van der Waals surface area (Å²) in [6.07, 6.45) is 2.75. The van der Waals surface area contributed by atoms with Crippen LogP contribution in [0.25, 0.3) is 0 Å². The molecule has 12 heavy (non-hydrogen) atoms. The third-order valence-electron chi connectivity index (χ3n) is 1.84. The van der Waals surface area contributed by atoms with Crippen LogP contribution in [0, 0.1) is 0 Å². The van der Waals surface area contributed by atoms with Gasteiger partial charge in [0.05, 0.1) is 7.11 Å². The molecule has 0 aromatic carbocycles. The molecule has 0 rings (SSSR count). The van der Waals surface area contributed by atoms with Crippen molar-refractivity contribution < 1.29 is 9.53 Å². The van der Waals surface area contributed by atoms with Crippen molar-refractivity contribution in [2.75, 3.05) is 26.2 Å². The van der Waals surface area contributed by atoms with Crippen molar-refractivity contribution in [3.8, 4) is 0 Å². The molecule has 1 amide bonds. The van der Waals surface area contributed by atoms with Gasteiger partial charge in [-0.1, -0.05) is 6.92 Å². The third kappa shape index (κ3) is 3.34. The van der Waals surface area contributed by atoms with Gasteiger partial charge in [-0.25, -0.2) is 4.79 Å². The molecule has 0 fully saturated rings. The number of rotatable bonds is 4. The van der Waals surface area contributed by atoms with E-state index in [2.05, 4.69) is 11.7 Å². The zero-order valence-corrected chi connectivity index (χ0v) is 8.98. The minimum absolute atomic E-state index is 0.254. The third-order valence-corrected chi connectivity index (χ3v) is 2.56. The first kappa shape index (κ1) is 11.6. The summed E-state index contributed by atoms with van der Waals surface area (Å²) in [6.45, 7) is 2.07. The highest BCUT2D eigenvalue weighted by Crippen LogP contribution is 2.08. The van der Waals surface area contributed by atoms with Crippen molar-refractivity contribution in [2.45, 2.75) is 19.4 Å². The van der Waals surface area contributed by atoms with E-state index < -0.39 is 0 Å². The van der Waals surface area contributed by atoms with Gasteiger partial charge in [-0.05, 0) is 12.7 Å². The summed E-state index contributed by atoms with van der Waals surface area (Å²) in [5.74, 6) is 0.960. The Morgan fingerprint density at radius 2 is 2.25 bits per heavy atom. The number of carbonyl (C=O) groups is 1. The van der Waals surface area contributed by atoms with Gasteiger partial charge >= 0.3 is 6.09 Å². The monoisotopic (exact) mass is 191 g/mol. The summed E-state index contributed by atoms with van der Waals surface area (Å²) in [4.78, 5) is 12.7. The smallest absolute Gasteiger partial charge is 0.409 e. The van der Waals surface area contributed by atoms with E-state index in [-0.39, 0.29) is 12.1 Å². The van der Waals surface area contributed by atoms with Gasteiger partial charge in [-0.2, -0.15) is 11.8 Å². The van der Waals surface area contributed by atoms with Crippen molar-refractivity contribution in [3.63, 3.8) is 0 Å². The molecule has 1 atom stereocenters. The van der Waals surface area contributed by atoms with Crippen LogP contribution in [0.2, 0.25) is 0 Å². The number of ether oxygens (including phenoxy) is 1. The Labute approximate surface area is 78.5 Å². The highest BCUT2D eigenvalue weighted by atomic mass is 32.2. The number of carbonyl (C=O) groups excluding carboxylic acids is 1. The Morgan fingerprint density at radius 1 is 1.67 bits per heavy atom. The second-order valence-corrected chi connectivity index (χ2v) is 3.51. The molecule has 0 heterocycles. The molecule has 4 heteroatoms. The van der Waals surface area contributed by atoms with E-state index in [0.29, 0.717) is 0 Å². The molecule has 0 saturated heterocycles. The normalized spacial score (nSPS) is 12.3. The van der Waals surface area contributed by atoms with E-state index in [1.54, 1.807) is 23.7 Å². The number of thioether (sulfide) groups is 1. The molecule has 0 aliphatic rings. The summed E-state index contributed by atoms with van der Waals surface area (Å²) >= 11 is 1.74. The summed E-state index contributed by atoms with van der Waals surface area (Å²) in [5.41, 5.74) is 0. The lowest BCUT2D eigenvalue weighted by Gasteiger charge is -2.24. The van der Waals surface area contributed by atoms with Crippen LogP contribution < -0.4 is 0 Å². The first-order valence-corrected chi connectivity index (χ1v) is 5.36. The lowest BCUT2D eigenvalue weighted by Crippen LogP contribution is -2.38. The van der Waals surface area contributed by atoms with Gasteiger partial charge in [0.15, 0.2) is 0 Å². The first-order valence-electron chi connectivity index (χ1n) is 3.97. The van der Waals surface area contributed by atoms with Gasteiger partial charge in [-0.15, -0.1) is 0 Å². The van der Waals surface area contributed by atoms with E-state index >= 15 is 0 Å². The second-order valence-electron chi connectivity index (χ2n) is 2.60. The average molecular weight is 191 g/mol. The maximum Gasteiger partial charge on any atom is 0.409 e. The van der Waals surface area contributed by atoms with Crippen molar-refractivity contribution in [1.82, 2.24) is 4.90 Å². The van der Waals surface area contributed by atoms with E-state index in [1.807, 2.05) is 6.26 Å². The van der Waals surface area contributed by atoms with Crippen LogP contribution in [0.4, 0.5) is 4.79 Å². The molecule has 0 aromatic heterocycles. The van der Waals surface area contributed by atoms with Crippen molar-refractivity contribution in [1.29, 1.82) is 0 Å². The number of hydrogen-bond donors (Lipinski definition) is 0. The summed E-state index contributed by atoms with van der Waals surface area (Å²) in [6, 6.07) is 0.285. The number of hydrogen-bond acceptors (Lipinski definition) is 3. The molecule has 0 aromatic rings. The Balaban J connectivity index is 4.00. The highest BCUT2D eigenvalue weighted by molar-refractivity contribution is 7.98. The van der Waals surface area contributed by atoms with E-state index in [0.717, 1.165) is 12.2 Å². The SMILES string of the molecule is CCC(CSC)N(C)C(=O)OC. The molecule has 72 valence electrons. The Hall–Kier alpha value is -0.380. The molecule has 1 unspecified atom stereocenters. The predicted octanol–water partition coefficient (Wildman–Crippen LogP) is 1.83. The minimum atomic E-state index is -0.254. The topological polar surface area (TPSA) is 29.5 Å². The molecule has 0 saturated carbocycles. The molecule has 0 radical (unpaired) electrons. The fourth-order valence-corrected chi connectivity index (χ4v) is 1.83. The van der Waals surface area contributed by atoms with Gasteiger partial charge in [0.25, 0.3) is 0 Å². The summed E-state index contributed by atoms with van der Waals surface area (Å²) < 4.78 is 4.62. The standard InChI is InChI=1S/C8H17NO2S/c1-5-7(6-12-4)9(2)8(10)11-3/h7H,5-6H2,1-4H3. The van der Waals surface area contributed by atoms with Gasteiger partial charge in [0.2, 0.25) is 0 Å². The van der Waals surface area contributed by atoms with Crippen molar-refractivity contribution in [3.05, 3.63) is 0 Å². The van der Waals surface area contributed by atoms with Crippen molar-refractivity contribution in [2.24, 2.45) is 0 Å². The van der Waals surface area contributed by atoms with Gasteiger partial charge in [0, 0.05) is 18.8 Å². The quantitative estimate of drug-likeness (QED) is 0.679. The second kappa shape index (κ2) is 6.17. The fourth-order valence-electron chi connectivity index (χ4n) is 0.989. The number of amides is 1. The lowest BCUT2D eigenvalue weighted by atomic mass is 10.2. The predicted molar refractivity (Wildman–Crippen MR) is 52.6 cm³/mol. The number of nitrogens with zero attached hydrogens (tertiary/aromatic N) is 1. The van der Waals surface area contributed by atoms with Crippen LogP contribution in [-0.4, -0.2) is 43.2 Å². The Morgan fingerprint density at radius 3 is 2.58 bits per heavy atom. The summed E-state index contributed by atoms with van der Waals surface area (Å²) in [5, 5.41) is 0. The molecular weight excluding hydrogens is 174 g/mol. The minimum Gasteiger partial charge on any atom is -0.453 e. The molecule has 0 bridgehead atoms. The van der Waals surface area contributed by atoms with Crippen LogP contribution in [0.5, 0.6) is 0 Å². The molecule has 0 spiro atoms. The molecule has 0 aliphatic heterocycles. The first-order chi connectivity index (χ1) is 5.67. The van der Waals surface area contributed by atoms with Gasteiger partial charge in [0.1, 0.15) is 0 Å². The van der Waals surface area contributed by atoms with Crippen LogP contribution in [-0.2, 0) is 4.74 Å². The highest BCUT2D eigenvalue weighted by Gasteiger charge is 2.17. The fraction of sp³-hybridized carbons (Fsp3) is 0.875. The summed E-state index contributed by atoms with van der Waals surface area (Å²) in [7, 11) is 3.18. The van der Waals surface area contributed by atoms with Gasteiger partial charge < -0.3 is 9.64 Å². The Kier molecular flexibility index (Phi) is 5.98. The molecule has 0 aliphatic carbocycles. The molecule has 3 nitrogen and oxygen atoms in total. The van der Waals surface area contributed by atoms with E-state index in [9.17, 15) is 4.79 Å². The van der Waals surface area contributed by atoms with Crippen LogP contribution in [0.1, 0.15) is 13.3 Å². The zero-order valence-electron chi connectivity index (χ0n) is 8.16. The molecule has 0 N–H and O–H groups in total. The maximum absolute atomic E-state index is 11.1. The van der Waals surface area contributed by atoms with E-state index in [4.69, 9.17) is 0 Å². The van der Waals surface area contributed by atoms with Crippen LogP contribution in [0.15, 0.2) is 0 Å². The number of methoxy groups -OCH3 is 1. The van der Waals surface area contributed by atoms with Crippen LogP contribution in [0.3, 0.4) is 0 Å². The molecular formula is C8H17NO2S. The lowest BCUT2D eigenvalue weighted by molar-refractivity contribution is 0.120. The average Bonchev–Trinajstić information content (AvgIpc) is 2.11. The largest absolute Gasteiger partial charge is 0.453 e. The zero-order chi connectivity index (χ0) is 9.56. The maximum atomic E-state index is 11.1. The van der Waals surface area contributed by atoms with Crippen molar-refractivity contribution >= 4 is 17.9 Å².